The number of hydrogen-bond acceptors (Lipinski definition) is 3. The summed E-state index contributed by atoms with van der Waals surface area (Å²) >= 11 is 0. The van der Waals surface area contributed by atoms with E-state index in [1.165, 1.54) is 0 Å². The van der Waals surface area contributed by atoms with E-state index in [2.05, 4.69) is 15.4 Å². The highest BCUT2D eigenvalue weighted by molar-refractivity contribution is 5.72. The normalized spacial score (nSPS) is 9.80. The van der Waals surface area contributed by atoms with Crippen molar-refractivity contribution in [3.05, 3.63) is 60.2 Å². The third-order valence-corrected chi connectivity index (χ3v) is 2.70. The van der Waals surface area contributed by atoms with E-state index in [4.69, 9.17) is 5.11 Å². The van der Waals surface area contributed by atoms with Crippen LogP contribution in [0.2, 0.25) is 0 Å². The van der Waals surface area contributed by atoms with Crippen LogP contribution < -0.4 is 0 Å². The van der Waals surface area contributed by atoms with Crippen LogP contribution in [0.25, 0.3) is 11.0 Å². The molecule has 102 valence electrons. The molecule has 0 saturated heterocycles. The first kappa shape index (κ1) is 13.7. The number of carbonyl (C=O) groups is 1. The number of carboxylic acids is 1. The van der Waals surface area contributed by atoms with Gasteiger partial charge in [0.2, 0.25) is 0 Å². The number of H-pyrrole nitrogens is 1. The smallest absolute Gasteiger partial charge is 0.303 e. The molecule has 20 heavy (non-hydrogen) atoms. The summed E-state index contributed by atoms with van der Waals surface area (Å²) in [6, 6.07) is 17.4. The first-order chi connectivity index (χ1) is 9.75. The third-order valence-electron chi connectivity index (χ3n) is 2.70. The summed E-state index contributed by atoms with van der Waals surface area (Å²) in [4.78, 5) is 10.2. The molecule has 3 rings (SSSR count). The number of aryl methyl sites for hydroxylation is 1. The van der Waals surface area contributed by atoms with Crippen molar-refractivity contribution < 1.29 is 9.90 Å². The number of nitrogens with one attached hydrogen (secondary N) is 1. The van der Waals surface area contributed by atoms with Gasteiger partial charge in [-0.25, -0.2) is 0 Å². The van der Waals surface area contributed by atoms with Crippen molar-refractivity contribution in [1.82, 2.24) is 15.4 Å². The highest BCUT2D eigenvalue weighted by atomic mass is 16.4. The van der Waals surface area contributed by atoms with E-state index in [1.54, 1.807) is 0 Å². The molecule has 0 radical (unpaired) electrons. The average Bonchev–Trinajstić information content (AvgIpc) is 2.95. The maximum Gasteiger partial charge on any atom is 0.303 e. The van der Waals surface area contributed by atoms with E-state index in [9.17, 15) is 4.79 Å². The first-order valence-corrected chi connectivity index (χ1v) is 6.27. The molecule has 0 bridgehead atoms. The zero-order valence-corrected chi connectivity index (χ0v) is 10.9. The molecule has 2 aromatic carbocycles. The molecule has 0 aliphatic carbocycles. The molecule has 0 fully saturated rings. The maximum absolute atomic E-state index is 10.2. The van der Waals surface area contributed by atoms with Gasteiger partial charge in [-0.2, -0.15) is 0 Å². The lowest BCUT2D eigenvalue weighted by Crippen LogP contribution is -1.96. The minimum atomic E-state index is -0.742. The number of nitrogens with zero attached hydrogens (tertiary/aromatic N) is 2. The van der Waals surface area contributed by atoms with Gasteiger partial charge in [0.1, 0.15) is 5.52 Å². The van der Waals surface area contributed by atoms with E-state index >= 15 is 0 Å². The van der Waals surface area contributed by atoms with Crippen molar-refractivity contribution in [2.75, 3.05) is 0 Å². The number of aromatic amines is 1. The lowest BCUT2D eigenvalue weighted by Gasteiger charge is -1.95. The van der Waals surface area contributed by atoms with Crippen molar-refractivity contribution in [2.45, 2.75) is 12.8 Å². The monoisotopic (exact) mass is 269 g/mol. The number of rotatable bonds is 3. The van der Waals surface area contributed by atoms with Crippen molar-refractivity contribution in [3.8, 4) is 0 Å². The number of para-hydroxylation sites is 1. The van der Waals surface area contributed by atoms with E-state index in [-0.39, 0.29) is 6.42 Å². The Hall–Kier alpha value is -2.69. The van der Waals surface area contributed by atoms with Gasteiger partial charge in [0.05, 0.1) is 5.52 Å². The second kappa shape index (κ2) is 7.04. The topological polar surface area (TPSA) is 78.9 Å². The Bertz CT molecular complexity index is 635. The Morgan fingerprint density at radius 2 is 1.75 bits per heavy atom. The van der Waals surface area contributed by atoms with Crippen molar-refractivity contribution in [3.63, 3.8) is 0 Å². The molecule has 3 aromatic rings. The Balaban J connectivity index is 0.000000149. The molecule has 0 unspecified atom stereocenters. The molecule has 0 aliphatic rings. The quantitative estimate of drug-likeness (QED) is 0.766. The third kappa shape index (κ3) is 4.20. The van der Waals surface area contributed by atoms with Crippen molar-refractivity contribution >= 4 is 17.0 Å². The fourth-order valence-electron chi connectivity index (χ4n) is 1.68. The molecule has 0 aliphatic heterocycles. The van der Waals surface area contributed by atoms with E-state index in [0.29, 0.717) is 6.42 Å². The molecule has 0 saturated carbocycles. The van der Waals surface area contributed by atoms with Crippen LogP contribution in [0.15, 0.2) is 54.6 Å². The number of aromatic nitrogens is 3. The second-order valence-corrected chi connectivity index (χ2v) is 4.21. The molecule has 2 N–H and O–H groups in total. The van der Waals surface area contributed by atoms with Crippen LogP contribution in [-0.4, -0.2) is 26.5 Å². The van der Waals surface area contributed by atoms with E-state index < -0.39 is 5.97 Å². The number of hydrogen-bond donors (Lipinski definition) is 2. The Kier molecular flexibility index (Phi) is 4.83. The van der Waals surface area contributed by atoms with Crippen LogP contribution in [0.1, 0.15) is 12.0 Å². The molecule has 0 amide bonds. The summed E-state index contributed by atoms with van der Waals surface area (Å²) in [5, 5.41) is 18.6. The summed E-state index contributed by atoms with van der Waals surface area (Å²) in [5.41, 5.74) is 2.98. The van der Waals surface area contributed by atoms with Gasteiger partial charge in [-0.1, -0.05) is 47.7 Å². The minimum absolute atomic E-state index is 0.212. The summed E-state index contributed by atoms with van der Waals surface area (Å²) < 4.78 is 0. The van der Waals surface area contributed by atoms with Gasteiger partial charge in [-0.3, -0.25) is 9.89 Å². The fourth-order valence-corrected chi connectivity index (χ4v) is 1.68. The average molecular weight is 269 g/mol. The van der Waals surface area contributed by atoms with Crippen LogP contribution in [-0.2, 0) is 11.2 Å². The standard InChI is InChI=1S/C9H10O2.C6H5N3/c10-9(11)7-6-8-4-2-1-3-5-8;1-2-4-6-5(3-1)7-9-8-6/h1-5H,6-7H2,(H,10,11);1-4H,(H,7,8,9). The zero-order chi connectivity index (χ0) is 14.2. The highest BCUT2D eigenvalue weighted by Gasteiger charge is 1.96. The molecule has 5 nitrogen and oxygen atoms in total. The van der Waals surface area contributed by atoms with Gasteiger partial charge < -0.3 is 5.11 Å². The largest absolute Gasteiger partial charge is 0.481 e. The van der Waals surface area contributed by atoms with E-state index in [0.717, 1.165) is 16.6 Å². The second-order valence-electron chi connectivity index (χ2n) is 4.21. The van der Waals surface area contributed by atoms with Gasteiger partial charge in [0, 0.05) is 6.42 Å². The Labute approximate surface area is 116 Å². The van der Waals surface area contributed by atoms with Crippen LogP contribution in [0.5, 0.6) is 0 Å². The molecular weight excluding hydrogens is 254 g/mol. The Morgan fingerprint density at radius 3 is 2.45 bits per heavy atom. The van der Waals surface area contributed by atoms with Gasteiger partial charge in [-0.05, 0) is 24.1 Å². The fraction of sp³-hybridized carbons (Fsp3) is 0.133. The SMILES string of the molecule is O=C(O)CCc1ccccc1.c1ccc2[nH]nnc2c1. The summed E-state index contributed by atoms with van der Waals surface area (Å²) in [7, 11) is 0. The number of fused-ring (bicyclic) bond motifs is 1. The van der Waals surface area contributed by atoms with Crippen LogP contribution in [0, 0.1) is 0 Å². The van der Waals surface area contributed by atoms with Crippen LogP contribution in [0.3, 0.4) is 0 Å². The maximum atomic E-state index is 10.2. The lowest BCUT2D eigenvalue weighted by atomic mass is 10.1. The summed E-state index contributed by atoms with van der Waals surface area (Å²) in [6.07, 6.45) is 0.834. The number of aliphatic carboxylic acids is 1. The van der Waals surface area contributed by atoms with Gasteiger partial charge in [0.15, 0.2) is 0 Å². The number of carboxylic acid groups (broad SMARTS) is 1. The summed E-state index contributed by atoms with van der Waals surface area (Å²) in [6.45, 7) is 0. The van der Waals surface area contributed by atoms with Crippen LogP contribution in [0.4, 0.5) is 0 Å². The predicted octanol–water partition coefficient (Wildman–Crippen LogP) is 2.66. The number of benzene rings is 2. The lowest BCUT2D eigenvalue weighted by molar-refractivity contribution is -0.136. The zero-order valence-electron chi connectivity index (χ0n) is 10.9. The van der Waals surface area contributed by atoms with Crippen LogP contribution >= 0.6 is 0 Å². The minimum Gasteiger partial charge on any atom is -0.481 e. The van der Waals surface area contributed by atoms with Gasteiger partial charge in [-0.15, -0.1) is 5.10 Å². The molecular formula is C15H15N3O2. The van der Waals surface area contributed by atoms with Gasteiger partial charge in [0.25, 0.3) is 0 Å². The molecule has 0 spiro atoms. The Morgan fingerprint density at radius 1 is 1.05 bits per heavy atom. The molecule has 1 heterocycles. The predicted molar refractivity (Wildman–Crippen MR) is 76.3 cm³/mol. The molecule has 1 aromatic heterocycles. The van der Waals surface area contributed by atoms with Gasteiger partial charge >= 0.3 is 5.97 Å². The van der Waals surface area contributed by atoms with Crippen molar-refractivity contribution in [1.29, 1.82) is 0 Å². The highest BCUT2D eigenvalue weighted by Crippen LogP contribution is 2.03. The van der Waals surface area contributed by atoms with Crippen molar-refractivity contribution in [2.24, 2.45) is 0 Å². The summed E-state index contributed by atoms with van der Waals surface area (Å²) in [5.74, 6) is -0.742. The molecule has 0 atom stereocenters. The molecule has 5 heteroatoms. The van der Waals surface area contributed by atoms with E-state index in [1.807, 2.05) is 54.6 Å². The first-order valence-electron chi connectivity index (χ1n) is 6.27.